The zero-order valence-corrected chi connectivity index (χ0v) is 10.4. The van der Waals surface area contributed by atoms with Crippen LogP contribution in [-0.4, -0.2) is 35.0 Å². The highest BCUT2D eigenvalue weighted by atomic mass is 16.1. The number of anilines is 1. The normalized spacial score (nSPS) is 18.6. The lowest BCUT2D eigenvalue weighted by Crippen LogP contribution is -2.23. The average Bonchev–Trinajstić information content (AvgIpc) is 2.91. The van der Waals surface area contributed by atoms with Gasteiger partial charge in [0.2, 0.25) is 0 Å². The predicted octanol–water partition coefficient (Wildman–Crippen LogP) is 0.502. The summed E-state index contributed by atoms with van der Waals surface area (Å²) in [5, 5.41) is 7.50. The summed E-state index contributed by atoms with van der Waals surface area (Å²) in [6.07, 6.45) is 2.51. The zero-order valence-electron chi connectivity index (χ0n) is 10.4. The molecule has 0 saturated carbocycles. The van der Waals surface area contributed by atoms with Crippen molar-refractivity contribution in [2.45, 2.75) is 12.5 Å². The second-order valence-corrected chi connectivity index (χ2v) is 4.62. The number of nitrogens with one attached hydrogen (secondary N) is 2. The van der Waals surface area contributed by atoms with Crippen molar-refractivity contribution in [3.05, 3.63) is 30.1 Å². The van der Waals surface area contributed by atoms with E-state index in [0.717, 1.165) is 30.7 Å². The molecule has 1 amide bonds. The molecule has 0 unspecified atom stereocenters. The summed E-state index contributed by atoms with van der Waals surface area (Å²) in [5.74, 6) is 0.277. The van der Waals surface area contributed by atoms with Gasteiger partial charge in [-0.15, -0.1) is 0 Å². The number of nitrogens with zero attached hydrogens (tertiary/aromatic N) is 2. The van der Waals surface area contributed by atoms with Crippen LogP contribution in [0.3, 0.4) is 0 Å². The highest BCUT2D eigenvalue weighted by molar-refractivity contribution is 6.06. The SMILES string of the molecule is NC(=O)c1cccc2c(N[C@H]3CCNC3)ncnc12. The number of hydrogen-bond acceptors (Lipinski definition) is 5. The standard InChI is InChI=1S/C13H15N5O/c14-12(19)9-2-1-3-10-11(9)16-7-17-13(10)18-8-4-5-15-6-8/h1-3,7-8,15H,4-6H2,(H2,14,19)(H,16,17,18)/t8-/m0/s1. The lowest BCUT2D eigenvalue weighted by molar-refractivity contribution is 0.100. The van der Waals surface area contributed by atoms with Gasteiger partial charge in [-0.2, -0.15) is 0 Å². The molecule has 1 fully saturated rings. The van der Waals surface area contributed by atoms with Gasteiger partial charge in [0, 0.05) is 18.0 Å². The van der Waals surface area contributed by atoms with Crippen LogP contribution in [0.25, 0.3) is 10.9 Å². The maximum atomic E-state index is 11.4. The van der Waals surface area contributed by atoms with E-state index in [1.165, 1.54) is 6.33 Å². The molecule has 1 aromatic heterocycles. The van der Waals surface area contributed by atoms with Crippen LogP contribution in [0, 0.1) is 0 Å². The van der Waals surface area contributed by atoms with E-state index in [2.05, 4.69) is 20.6 Å². The van der Waals surface area contributed by atoms with Crippen LogP contribution in [0.2, 0.25) is 0 Å². The summed E-state index contributed by atoms with van der Waals surface area (Å²) >= 11 is 0. The first-order chi connectivity index (χ1) is 9.25. The third-order valence-corrected chi connectivity index (χ3v) is 3.33. The van der Waals surface area contributed by atoms with Crippen molar-refractivity contribution in [2.75, 3.05) is 18.4 Å². The molecule has 19 heavy (non-hydrogen) atoms. The van der Waals surface area contributed by atoms with Gasteiger partial charge in [0.25, 0.3) is 5.91 Å². The van der Waals surface area contributed by atoms with Gasteiger partial charge in [-0.25, -0.2) is 9.97 Å². The molecule has 1 aliphatic rings. The van der Waals surface area contributed by atoms with Gasteiger partial charge >= 0.3 is 0 Å². The lowest BCUT2D eigenvalue weighted by Gasteiger charge is -2.14. The highest BCUT2D eigenvalue weighted by Gasteiger charge is 2.17. The molecule has 0 radical (unpaired) electrons. The molecule has 1 aliphatic heterocycles. The maximum Gasteiger partial charge on any atom is 0.250 e. The Morgan fingerprint density at radius 3 is 3.05 bits per heavy atom. The summed E-state index contributed by atoms with van der Waals surface area (Å²) in [4.78, 5) is 19.8. The Kier molecular flexibility index (Phi) is 3.00. The minimum absolute atomic E-state index is 0.357. The molecule has 2 aromatic rings. The number of aromatic nitrogens is 2. The zero-order chi connectivity index (χ0) is 13.2. The van der Waals surface area contributed by atoms with E-state index in [9.17, 15) is 4.79 Å². The summed E-state index contributed by atoms with van der Waals surface area (Å²) in [6.45, 7) is 1.92. The van der Waals surface area contributed by atoms with Gasteiger partial charge in [-0.3, -0.25) is 4.79 Å². The fourth-order valence-electron chi connectivity index (χ4n) is 2.37. The quantitative estimate of drug-likeness (QED) is 0.744. The van der Waals surface area contributed by atoms with Gasteiger partial charge in [-0.05, 0) is 25.1 Å². The summed E-state index contributed by atoms with van der Waals surface area (Å²) in [7, 11) is 0. The number of para-hydroxylation sites is 1. The monoisotopic (exact) mass is 257 g/mol. The van der Waals surface area contributed by atoms with E-state index in [4.69, 9.17) is 5.73 Å². The smallest absolute Gasteiger partial charge is 0.250 e. The molecule has 6 heteroatoms. The van der Waals surface area contributed by atoms with E-state index < -0.39 is 5.91 Å². The van der Waals surface area contributed by atoms with Crippen LogP contribution in [-0.2, 0) is 0 Å². The topological polar surface area (TPSA) is 92.9 Å². The van der Waals surface area contributed by atoms with E-state index in [0.29, 0.717) is 17.1 Å². The third-order valence-electron chi connectivity index (χ3n) is 3.33. The number of amides is 1. The molecule has 98 valence electrons. The summed E-state index contributed by atoms with van der Waals surface area (Å²) < 4.78 is 0. The molecule has 6 nitrogen and oxygen atoms in total. The van der Waals surface area contributed by atoms with Gasteiger partial charge < -0.3 is 16.4 Å². The van der Waals surface area contributed by atoms with Crippen molar-refractivity contribution < 1.29 is 4.79 Å². The number of primary amides is 1. The van der Waals surface area contributed by atoms with E-state index >= 15 is 0 Å². The van der Waals surface area contributed by atoms with Crippen LogP contribution in [0.4, 0.5) is 5.82 Å². The Morgan fingerprint density at radius 2 is 2.32 bits per heavy atom. The largest absolute Gasteiger partial charge is 0.366 e. The fraction of sp³-hybridized carbons (Fsp3) is 0.308. The first-order valence-corrected chi connectivity index (χ1v) is 6.26. The van der Waals surface area contributed by atoms with Crippen LogP contribution in [0.1, 0.15) is 16.8 Å². The molecular formula is C13H15N5O. The minimum atomic E-state index is -0.474. The highest BCUT2D eigenvalue weighted by Crippen LogP contribution is 2.23. The van der Waals surface area contributed by atoms with Crippen LogP contribution >= 0.6 is 0 Å². The van der Waals surface area contributed by atoms with Crippen LogP contribution < -0.4 is 16.4 Å². The van der Waals surface area contributed by atoms with Crippen molar-refractivity contribution >= 4 is 22.6 Å². The number of fused-ring (bicyclic) bond motifs is 1. The van der Waals surface area contributed by atoms with Crippen LogP contribution in [0.5, 0.6) is 0 Å². The molecule has 1 atom stereocenters. The molecule has 0 spiro atoms. The average molecular weight is 257 g/mol. The number of benzene rings is 1. The summed E-state index contributed by atoms with van der Waals surface area (Å²) in [6, 6.07) is 5.73. The molecule has 0 aliphatic carbocycles. The van der Waals surface area contributed by atoms with Crippen molar-refractivity contribution in [3.8, 4) is 0 Å². The molecular weight excluding hydrogens is 242 g/mol. The Balaban J connectivity index is 2.05. The Morgan fingerprint density at radius 1 is 1.42 bits per heavy atom. The lowest BCUT2D eigenvalue weighted by atomic mass is 10.1. The van der Waals surface area contributed by atoms with Crippen molar-refractivity contribution in [2.24, 2.45) is 5.73 Å². The van der Waals surface area contributed by atoms with Gasteiger partial charge in [0.1, 0.15) is 12.1 Å². The van der Waals surface area contributed by atoms with Crippen molar-refractivity contribution in [1.29, 1.82) is 0 Å². The second-order valence-electron chi connectivity index (χ2n) is 4.62. The van der Waals surface area contributed by atoms with Crippen molar-refractivity contribution in [3.63, 3.8) is 0 Å². The number of carbonyl (C=O) groups excluding carboxylic acids is 1. The number of carbonyl (C=O) groups is 1. The number of hydrogen-bond donors (Lipinski definition) is 3. The van der Waals surface area contributed by atoms with E-state index in [1.54, 1.807) is 12.1 Å². The molecule has 1 saturated heterocycles. The van der Waals surface area contributed by atoms with Crippen LogP contribution in [0.15, 0.2) is 24.5 Å². The Labute approximate surface area is 110 Å². The van der Waals surface area contributed by atoms with Gasteiger partial charge in [-0.1, -0.05) is 6.07 Å². The van der Waals surface area contributed by atoms with Crippen molar-refractivity contribution in [1.82, 2.24) is 15.3 Å². The Bertz CT molecular complexity index is 621. The molecule has 3 rings (SSSR count). The molecule has 4 N–H and O–H groups in total. The fourth-order valence-corrected chi connectivity index (χ4v) is 2.37. The first-order valence-electron chi connectivity index (χ1n) is 6.26. The second kappa shape index (κ2) is 4.81. The summed E-state index contributed by atoms with van der Waals surface area (Å²) in [5.41, 5.74) is 6.38. The van der Waals surface area contributed by atoms with E-state index in [1.807, 2.05) is 6.07 Å². The molecule has 1 aromatic carbocycles. The van der Waals surface area contributed by atoms with E-state index in [-0.39, 0.29) is 0 Å². The number of nitrogens with two attached hydrogens (primary N) is 1. The molecule has 0 bridgehead atoms. The first kappa shape index (κ1) is 11.9. The molecule has 2 heterocycles. The predicted molar refractivity (Wildman–Crippen MR) is 73.0 cm³/mol. The van der Waals surface area contributed by atoms with Gasteiger partial charge in [0.15, 0.2) is 0 Å². The third kappa shape index (κ3) is 2.22. The number of rotatable bonds is 3. The van der Waals surface area contributed by atoms with Gasteiger partial charge in [0.05, 0.1) is 11.1 Å². The Hall–Kier alpha value is -2.21. The minimum Gasteiger partial charge on any atom is -0.366 e. The maximum absolute atomic E-state index is 11.4.